The van der Waals surface area contributed by atoms with Gasteiger partial charge in [-0.1, -0.05) is 25.7 Å². The summed E-state index contributed by atoms with van der Waals surface area (Å²) in [6.07, 6.45) is 4.41. The number of nitrogens with zero attached hydrogens (tertiary/aromatic N) is 1. The molecule has 14 heavy (non-hydrogen) atoms. The predicted octanol–water partition coefficient (Wildman–Crippen LogP) is 3.18. The van der Waals surface area contributed by atoms with Gasteiger partial charge >= 0.3 is 0 Å². The van der Waals surface area contributed by atoms with E-state index in [-0.39, 0.29) is 0 Å². The van der Waals surface area contributed by atoms with Crippen LogP contribution in [0, 0.1) is 24.7 Å². The van der Waals surface area contributed by atoms with Crippen LogP contribution in [-0.2, 0) is 0 Å². The third-order valence-electron chi connectivity index (χ3n) is 1.91. The first kappa shape index (κ1) is 10.8. The molecular formula is C13H17N. The van der Waals surface area contributed by atoms with Gasteiger partial charge in [0, 0.05) is 23.4 Å². The van der Waals surface area contributed by atoms with Crippen molar-refractivity contribution in [3.63, 3.8) is 0 Å². The van der Waals surface area contributed by atoms with Crippen LogP contribution in [0.25, 0.3) is 0 Å². The summed E-state index contributed by atoms with van der Waals surface area (Å²) in [5.74, 6) is 7.00. The van der Waals surface area contributed by atoms with E-state index < -0.39 is 0 Å². The first-order valence-corrected chi connectivity index (χ1v) is 5.29. The fraction of sp³-hybridized carbons (Fsp3) is 0.462. The van der Waals surface area contributed by atoms with Gasteiger partial charge in [0.05, 0.1) is 0 Å². The number of aryl methyl sites for hydroxylation is 1. The largest absolute Gasteiger partial charge is 0.260 e. The molecule has 0 aliphatic heterocycles. The van der Waals surface area contributed by atoms with E-state index in [4.69, 9.17) is 0 Å². The number of rotatable bonds is 0. The van der Waals surface area contributed by atoms with E-state index in [0.717, 1.165) is 11.3 Å². The summed E-state index contributed by atoms with van der Waals surface area (Å²) in [6, 6.07) is 4.02. The SMILES string of the molecule is CC.Cc1ccc(C#CC2CC2)cn1. The van der Waals surface area contributed by atoms with Crippen molar-refractivity contribution in [1.82, 2.24) is 4.98 Å². The maximum Gasteiger partial charge on any atom is 0.0429 e. The Bertz CT molecular complexity index is 322. The van der Waals surface area contributed by atoms with Crippen LogP contribution in [0.3, 0.4) is 0 Å². The molecule has 1 saturated carbocycles. The number of aromatic nitrogens is 1. The van der Waals surface area contributed by atoms with Gasteiger partial charge in [0.2, 0.25) is 0 Å². The van der Waals surface area contributed by atoms with Crippen LogP contribution >= 0.6 is 0 Å². The molecule has 1 aromatic rings. The Morgan fingerprint density at radius 3 is 2.50 bits per heavy atom. The summed E-state index contributed by atoms with van der Waals surface area (Å²) in [5.41, 5.74) is 2.08. The summed E-state index contributed by atoms with van der Waals surface area (Å²) >= 11 is 0. The molecular weight excluding hydrogens is 170 g/mol. The Hall–Kier alpha value is -1.29. The smallest absolute Gasteiger partial charge is 0.0429 e. The highest BCUT2D eigenvalue weighted by Crippen LogP contribution is 2.27. The van der Waals surface area contributed by atoms with E-state index in [1.54, 1.807) is 0 Å². The molecule has 2 rings (SSSR count). The molecule has 0 atom stereocenters. The zero-order valence-corrected chi connectivity index (χ0v) is 9.17. The minimum absolute atomic E-state index is 0.673. The van der Waals surface area contributed by atoms with Crippen molar-refractivity contribution in [3.05, 3.63) is 29.6 Å². The van der Waals surface area contributed by atoms with Gasteiger partial charge in [-0.25, -0.2) is 0 Å². The molecule has 74 valence electrons. The highest BCUT2D eigenvalue weighted by molar-refractivity contribution is 5.33. The zero-order chi connectivity index (χ0) is 10.4. The molecule has 0 radical (unpaired) electrons. The molecule has 0 amide bonds. The molecule has 0 unspecified atom stereocenters. The van der Waals surface area contributed by atoms with E-state index in [2.05, 4.69) is 16.8 Å². The van der Waals surface area contributed by atoms with Crippen molar-refractivity contribution in [2.24, 2.45) is 5.92 Å². The monoisotopic (exact) mass is 187 g/mol. The van der Waals surface area contributed by atoms with Crippen molar-refractivity contribution in [2.75, 3.05) is 0 Å². The molecule has 1 fully saturated rings. The van der Waals surface area contributed by atoms with Crippen molar-refractivity contribution in [2.45, 2.75) is 33.6 Å². The molecule has 1 aliphatic carbocycles. The Morgan fingerprint density at radius 1 is 1.29 bits per heavy atom. The lowest BCUT2D eigenvalue weighted by Gasteiger charge is -1.90. The molecule has 1 aliphatic rings. The highest BCUT2D eigenvalue weighted by Gasteiger charge is 2.17. The molecule has 1 heterocycles. The van der Waals surface area contributed by atoms with Crippen LogP contribution in [0.5, 0.6) is 0 Å². The lowest BCUT2D eigenvalue weighted by Crippen LogP contribution is -1.81. The van der Waals surface area contributed by atoms with Gasteiger partial charge in [-0.15, -0.1) is 0 Å². The third-order valence-corrected chi connectivity index (χ3v) is 1.91. The molecule has 0 spiro atoms. The lowest BCUT2D eigenvalue weighted by molar-refractivity contribution is 1.17. The van der Waals surface area contributed by atoms with Crippen LogP contribution in [-0.4, -0.2) is 4.98 Å². The summed E-state index contributed by atoms with van der Waals surface area (Å²) in [5, 5.41) is 0. The second-order valence-corrected chi connectivity index (χ2v) is 3.23. The van der Waals surface area contributed by atoms with E-state index in [9.17, 15) is 0 Å². The summed E-state index contributed by atoms with van der Waals surface area (Å²) in [6.45, 7) is 5.98. The Labute approximate surface area is 86.6 Å². The normalized spacial score (nSPS) is 13.4. The molecule has 0 aromatic carbocycles. The first-order valence-electron chi connectivity index (χ1n) is 5.29. The molecule has 1 nitrogen and oxygen atoms in total. The van der Waals surface area contributed by atoms with Crippen LogP contribution in [0.1, 0.15) is 37.9 Å². The van der Waals surface area contributed by atoms with Gasteiger partial charge in [-0.3, -0.25) is 4.98 Å². The van der Waals surface area contributed by atoms with E-state index in [1.807, 2.05) is 39.1 Å². The minimum atomic E-state index is 0.673. The Kier molecular flexibility index (Phi) is 4.19. The Morgan fingerprint density at radius 2 is 2.00 bits per heavy atom. The molecule has 0 N–H and O–H groups in total. The fourth-order valence-electron chi connectivity index (χ4n) is 0.955. The van der Waals surface area contributed by atoms with Crippen molar-refractivity contribution in [1.29, 1.82) is 0 Å². The first-order chi connectivity index (χ1) is 6.84. The lowest BCUT2D eigenvalue weighted by atomic mass is 10.2. The summed E-state index contributed by atoms with van der Waals surface area (Å²) in [4.78, 5) is 4.17. The van der Waals surface area contributed by atoms with Crippen LogP contribution < -0.4 is 0 Å². The second-order valence-electron chi connectivity index (χ2n) is 3.23. The third kappa shape index (κ3) is 3.62. The quantitative estimate of drug-likeness (QED) is 0.568. The van der Waals surface area contributed by atoms with Gasteiger partial charge in [0.1, 0.15) is 0 Å². The van der Waals surface area contributed by atoms with E-state index in [1.165, 1.54) is 12.8 Å². The zero-order valence-electron chi connectivity index (χ0n) is 9.17. The standard InChI is InChI=1S/C11H11N.C2H6/c1-9-2-3-11(8-12-9)7-6-10-4-5-10;1-2/h2-3,8,10H,4-5H2,1H3;1-2H3. The highest BCUT2D eigenvalue weighted by atomic mass is 14.6. The topological polar surface area (TPSA) is 12.9 Å². The maximum atomic E-state index is 4.17. The molecule has 0 bridgehead atoms. The average Bonchev–Trinajstić information content (AvgIpc) is 3.04. The minimum Gasteiger partial charge on any atom is -0.260 e. The summed E-state index contributed by atoms with van der Waals surface area (Å²) < 4.78 is 0. The van der Waals surface area contributed by atoms with Crippen LogP contribution in [0.15, 0.2) is 18.3 Å². The van der Waals surface area contributed by atoms with Gasteiger partial charge in [-0.05, 0) is 31.9 Å². The average molecular weight is 187 g/mol. The fourth-order valence-corrected chi connectivity index (χ4v) is 0.955. The van der Waals surface area contributed by atoms with Crippen molar-refractivity contribution >= 4 is 0 Å². The van der Waals surface area contributed by atoms with Crippen molar-refractivity contribution in [3.8, 4) is 11.8 Å². The Balaban J connectivity index is 0.000000461. The maximum absolute atomic E-state index is 4.17. The van der Waals surface area contributed by atoms with E-state index >= 15 is 0 Å². The van der Waals surface area contributed by atoms with Gasteiger partial charge in [-0.2, -0.15) is 0 Å². The number of pyridine rings is 1. The predicted molar refractivity (Wildman–Crippen MR) is 59.9 cm³/mol. The van der Waals surface area contributed by atoms with Crippen LogP contribution in [0.4, 0.5) is 0 Å². The van der Waals surface area contributed by atoms with Gasteiger partial charge in [0.15, 0.2) is 0 Å². The van der Waals surface area contributed by atoms with Gasteiger partial charge < -0.3 is 0 Å². The summed E-state index contributed by atoms with van der Waals surface area (Å²) in [7, 11) is 0. The molecule has 1 heteroatoms. The number of hydrogen-bond acceptors (Lipinski definition) is 1. The van der Waals surface area contributed by atoms with Crippen molar-refractivity contribution < 1.29 is 0 Å². The van der Waals surface area contributed by atoms with E-state index in [0.29, 0.717) is 5.92 Å². The van der Waals surface area contributed by atoms with Crippen LogP contribution in [0.2, 0.25) is 0 Å². The number of hydrogen-bond donors (Lipinski definition) is 0. The molecule has 1 aromatic heterocycles. The van der Waals surface area contributed by atoms with Gasteiger partial charge in [0.25, 0.3) is 0 Å². The molecule has 0 saturated heterocycles. The second kappa shape index (κ2) is 5.44.